The van der Waals surface area contributed by atoms with Crippen LogP contribution in [0.5, 0.6) is 0 Å². The number of hydrogen-bond donors (Lipinski definition) is 1. The quantitative estimate of drug-likeness (QED) is 0.927. The summed E-state index contributed by atoms with van der Waals surface area (Å²) < 4.78 is 5.03. The highest BCUT2D eigenvalue weighted by Gasteiger charge is 2.18. The molecule has 2 aromatic heterocycles. The molecule has 1 fully saturated rings. The molecule has 2 aromatic rings. The molecule has 0 unspecified atom stereocenters. The van der Waals surface area contributed by atoms with Gasteiger partial charge in [-0.05, 0) is 31.7 Å². The average molecular weight is 273 g/mol. The predicted molar refractivity (Wildman–Crippen MR) is 77.2 cm³/mol. The van der Waals surface area contributed by atoms with E-state index in [4.69, 9.17) is 4.52 Å². The van der Waals surface area contributed by atoms with Gasteiger partial charge in [0.05, 0.1) is 0 Å². The van der Waals surface area contributed by atoms with Gasteiger partial charge in [-0.1, -0.05) is 12.1 Å². The maximum Gasteiger partial charge on any atom is 0.227 e. The fraction of sp³-hybridized carbons (Fsp3) is 0.500. The van der Waals surface area contributed by atoms with Crippen molar-refractivity contribution < 1.29 is 4.52 Å². The van der Waals surface area contributed by atoms with Crippen molar-refractivity contribution in [3.63, 3.8) is 0 Å². The minimum atomic E-state index is 0.666. The minimum Gasteiger partial charge on any atom is -0.360 e. The monoisotopic (exact) mass is 273 g/mol. The zero-order valence-electron chi connectivity index (χ0n) is 11.8. The second-order valence-corrected chi connectivity index (χ2v) is 5.36. The molecule has 0 bridgehead atoms. The first-order valence-electron chi connectivity index (χ1n) is 6.99. The lowest BCUT2D eigenvalue weighted by molar-refractivity contribution is 0.400. The Morgan fingerprint density at radius 1 is 1.30 bits per heavy atom. The van der Waals surface area contributed by atoms with Crippen LogP contribution in [0.1, 0.15) is 25.5 Å². The molecular weight excluding hydrogens is 254 g/mol. The van der Waals surface area contributed by atoms with Crippen LogP contribution in [0.4, 0.5) is 17.6 Å². The van der Waals surface area contributed by atoms with Crippen LogP contribution in [0.15, 0.2) is 22.9 Å². The van der Waals surface area contributed by atoms with E-state index in [9.17, 15) is 0 Å². The second-order valence-electron chi connectivity index (χ2n) is 5.36. The lowest BCUT2D eigenvalue weighted by Gasteiger charge is -2.30. The van der Waals surface area contributed by atoms with Crippen LogP contribution in [0.25, 0.3) is 0 Å². The molecule has 3 heterocycles. The van der Waals surface area contributed by atoms with Crippen molar-refractivity contribution in [1.29, 1.82) is 0 Å². The number of aromatic nitrogens is 3. The molecule has 20 heavy (non-hydrogen) atoms. The first-order valence-corrected chi connectivity index (χ1v) is 6.99. The summed E-state index contributed by atoms with van der Waals surface area (Å²) in [4.78, 5) is 11.1. The van der Waals surface area contributed by atoms with Crippen LogP contribution in [-0.4, -0.2) is 28.2 Å². The SMILES string of the molecule is Cc1cc(Nc2ccnc(N3CCC(C)CC3)n2)no1. The van der Waals surface area contributed by atoms with Crippen LogP contribution in [0.3, 0.4) is 0 Å². The van der Waals surface area contributed by atoms with Crippen LogP contribution in [0.2, 0.25) is 0 Å². The van der Waals surface area contributed by atoms with Crippen LogP contribution >= 0.6 is 0 Å². The van der Waals surface area contributed by atoms with Crippen LogP contribution in [0, 0.1) is 12.8 Å². The molecule has 1 aliphatic rings. The maximum atomic E-state index is 5.03. The minimum absolute atomic E-state index is 0.666. The molecule has 0 spiro atoms. The van der Waals surface area contributed by atoms with Crippen molar-refractivity contribution in [2.45, 2.75) is 26.7 Å². The number of nitrogens with zero attached hydrogens (tertiary/aromatic N) is 4. The Balaban J connectivity index is 1.72. The molecule has 0 aromatic carbocycles. The van der Waals surface area contributed by atoms with E-state index in [1.807, 2.05) is 19.1 Å². The van der Waals surface area contributed by atoms with Gasteiger partial charge < -0.3 is 14.7 Å². The van der Waals surface area contributed by atoms with E-state index in [2.05, 4.69) is 32.3 Å². The van der Waals surface area contributed by atoms with E-state index in [0.29, 0.717) is 5.82 Å². The van der Waals surface area contributed by atoms with Crippen molar-refractivity contribution in [2.24, 2.45) is 5.92 Å². The Bertz CT molecular complexity index is 574. The van der Waals surface area contributed by atoms with Gasteiger partial charge in [-0.2, -0.15) is 4.98 Å². The van der Waals surface area contributed by atoms with Crippen LogP contribution in [-0.2, 0) is 0 Å². The number of anilines is 3. The Kier molecular flexibility index (Phi) is 3.54. The smallest absolute Gasteiger partial charge is 0.227 e. The number of hydrogen-bond acceptors (Lipinski definition) is 6. The largest absolute Gasteiger partial charge is 0.360 e. The molecule has 6 nitrogen and oxygen atoms in total. The molecule has 0 amide bonds. The molecule has 1 N–H and O–H groups in total. The first-order chi connectivity index (χ1) is 9.70. The zero-order valence-corrected chi connectivity index (χ0v) is 11.8. The van der Waals surface area contributed by atoms with Gasteiger partial charge in [-0.25, -0.2) is 4.98 Å². The number of nitrogens with one attached hydrogen (secondary N) is 1. The fourth-order valence-corrected chi connectivity index (χ4v) is 2.34. The standard InChI is InChI=1S/C14H19N5O/c1-10-4-7-19(8-5-10)14-15-6-3-12(17-14)16-13-9-11(2)20-18-13/h3,6,9-10H,4-5,7-8H2,1-2H3,(H,15,16,17,18). The summed E-state index contributed by atoms with van der Waals surface area (Å²) in [6.07, 6.45) is 4.17. The second kappa shape index (κ2) is 5.48. The predicted octanol–water partition coefficient (Wildman–Crippen LogP) is 2.75. The molecule has 0 aliphatic carbocycles. The molecule has 3 rings (SSSR count). The topological polar surface area (TPSA) is 67.1 Å². The Hall–Kier alpha value is -2.11. The Labute approximate surface area is 118 Å². The maximum absolute atomic E-state index is 5.03. The highest BCUT2D eigenvalue weighted by atomic mass is 16.5. The van der Waals surface area contributed by atoms with Gasteiger partial charge in [0, 0.05) is 25.4 Å². The molecule has 0 radical (unpaired) electrons. The molecular formula is C14H19N5O. The van der Waals surface area contributed by atoms with Gasteiger partial charge in [-0.3, -0.25) is 0 Å². The zero-order chi connectivity index (χ0) is 13.9. The summed E-state index contributed by atoms with van der Waals surface area (Å²) >= 11 is 0. The lowest BCUT2D eigenvalue weighted by atomic mass is 10.00. The molecule has 0 atom stereocenters. The first kappa shape index (κ1) is 12.9. The number of rotatable bonds is 3. The normalized spacial score (nSPS) is 16.4. The van der Waals surface area contributed by atoms with E-state index < -0.39 is 0 Å². The van der Waals surface area contributed by atoms with Gasteiger partial charge in [0.15, 0.2) is 5.82 Å². The van der Waals surface area contributed by atoms with Crippen LogP contribution < -0.4 is 10.2 Å². The third kappa shape index (κ3) is 2.89. The molecule has 1 saturated heterocycles. The van der Waals surface area contributed by atoms with Gasteiger partial charge in [0.1, 0.15) is 11.6 Å². The van der Waals surface area contributed by atoms with Crippen molar-refractivity contribution in [1.82, 2.24) is 15.1 Å². The van der Waals surface area contributed by atoms with E-state index in [1.54, 1.807) is 6.20 Å². The van der Waals surface area contributed by atoms with Crippen molar-refractivity contribution in [3.05, 3.63) is 24.1 Å². The summed E-state index contributed by atoms with van der Waals surface area (Å²) in [6, 6.07) is 3.67. The molecule has 106 valence electrons. The molecule has 1 aliphatic heterocycles. The highest BCUT2D eigenvalue weighted by molar-refractivity contribution is 5.52. The van der Waals surface area contributed by atoms with Crippen molar-refractivity contribution in [3.8, 4) is 0 Å². The van der Waals surface area contributed by atoms with Gasteiger partial charge >= 0.3 is 0 Å². The summed E-state index contributed by atoms with van der Waals surface area (Å²) in [7, 11) is 0. The van der Waals surface area contributed by atoms with E-state index in [0.717, 1.165) is 36.5 Å². The third-order valence-corrected chi connectivity index (χ3v) is 3.59. The summed E-state index contributed by atoms with van der Waals surface area (Å²) in [6.45, 7) is 6.20. The van der Waals surface area contributed by atoms with E-state index in [1.165, 1.54) is 12.8 Å². The van der Waals surface area contributed by atoms with Crippen molar-refractivity contribution in [2.75, 3.05) is 23.3 Å². The van der Waals surface area contributed by atoms with Gasteiger partial charge in [0.2, 0.25) is 5.95 Å². The van der Waals surface area contributed by atoms with Gasteiger partial charge in [-0.15, -0.1) is 0 Å². The highest BCUT2D eigenvalue weighted by Crippen LogP contribution is 2.21. The van der Waals surface area contributed by atoms with Gasteiger partial charge in [0.25, 0.3) is 0 Å². The molecule has 0 saturated carbocycles. The Morgan fingerprint density at radius 3 is 2.80 bits per heavy atom. The number of piperidine rings is 1. The summed E-state index contributed by atoms with van der Waals surface area (Å²) in [5.41, 5.74) is 0. The third-order valence-electron chi connectivity index (χ3n) is 3.59. The summed E-state index contributed by atoms with van der Waals surface area (Å²) in [5, 5.41) is 7.03. The van der Waals surface area contributed by atoms with Crippen molar-refractivity contribution >= 4 is 17.6 Å². The number of aryl methyl sites for hydroxylation is 1. The average Bonchev–Trinajstić information content (AvgIpc) is 2.85. The lowest BCUT2D eigenvalue weighted by Crippen LogP contribution is -2.34. The van der Waals surface area contributed by atoms with E-state index in [-0.39, 0.29) is 0 Å². The van der Waals surface area contributed by atoms with E-state index >= 15 is 0 Å². The fourth-order valence-electron chi connectivity index (χ4n) is 2.34. The summed E-state index contributed by atoms with van der Waals surface area (Å²) in [5.74, 6) is 3.75. The molecule has 6 heteroatoms. The Morgan fingerprint density at radius 2 is 2.10 bits per heavy atom.